The van der Waals surface area contributed by atoms with E-state index in [0.29, 0.717) is 10.7 Å². The van der Waals surface area contributed by atoms with Gasteiger partial charge in [-0.15, -0.1) is 11.3 Å². The molecule has 4 heterocycles. The normalized spacial score (nSPS) is 17.6. The number of aryl methyl sites for hydroxylation is 1. The molecule has 0 aliphatic heterocycles. The number of amides is 1. The Bertz CT molecular complexity index is 2910. The third kappa shape index (κ3) is 7.42. The van der Waals surface area contributed by atoms with E-state index in [1.54, 1.807) is 0 Å². The highest BCUT2D eigenvalue weighted by molar-refractivity contribution is 7.92. The molecule has 1 saturated carbocycles. The molecule has 0 saturated heterocycles. The van der Waals surface area contributed by atoms with Crippen LogP contribution in [0.2, 0.25) is 5.02 Å². The fourth-order valence-electron chi connectivity index (χ4n) is 7.69. The summed E-state index contributed by atoms with van der Waals surface area (Å²) in [7, 11) is -2.48. The zero-order chi connectivity index (χ0) is 43.4. The van der Waals surface area contributed by atoms with Gasteiger partial charge in [0.05, 0.1) is 39.6 Å². The summed E-state index contributed by atoms with van der Waals surface area (Å²) in [5.74, 6) is -9.20. The number of hydrogen-bond donors (Lipinski definition) is 3. The topological polar surface area (TPSA) is 179 Å². The van der Waals surface area contributed by atoms with Crippen LogP contribution in [0.3, 0.4) is 0 Å². The maximum atomic E-state index is 15.5. The minimum Gasteiger partial charge on any atom is -0.383 e. The first-order chi connectivity index (χ1) is 28.0. The van der Waals surface area contributed by atoms with E-state index in [0.717, 1.165) is 40.4 Å². The van der Waals surface area contributed by atoms with Crippen molar-refractivity contribution < 1.29 is 44.7 Å². The van der Waals surface area contributed by atoms with Crippen molar-refractivity contribution in [3.63, 3.8) is 0 Å². The molecule has 23 heteroatoms. The van der Waals surface area contributed by atoms with Crippen LogP contribution in [-0.4, -0.2) is 59.8 Å². The molecule has 3 atom stereocenters. The van der Waals surface area contributed by atoms with E-state index < -0.39 is 93.3 Å². The second-order valence-electron chi connectivity index (χ2n) is 15.2. The molecule has 0 radical (unpaired) electrons. The van der Waals surface area contributed by atoms with Crippen LogP contribution in [0.1, 0.15) is 72.0 Å². The SMILES string of the molecule is Cn1nc(NS(C)(=O)=O)c2c(Cl)ccc(-n3c([C@H](Cc4cc(F)cc(F)c4)NC(=O)Cn4nc(C(F)F)c5c4C(F)(F)[C@@H]4C[C@H]54)nc(-c4csc(C(C)(C)O)n4)cc3=O)c21. The van der Waals surface area contributed by atoms with Crippen LogP contribution in [0.4, 0.5) is 32.2 Å². The number of hydrogen-bond acceptors (Lipinski definition) is 10. The van der Waals surface area contributed by atoms with Crippen molar-refractivity contribution >= 4 is 55.6 Å². The van der Waals surface area contributed by atoms with Crippen molar-refractivity contribution in [2.24, 2.45) is 13.0 Å². The molecular formula is C37H32ClF6N9O5S2. The smallest absolute Gasteiger partial charge is 0.293 e. The van der Waals surface area contributed by atoms with Gasteiger partial charge in [-0.3, -0.25) is 28.2 Å². The lowest BCUT2D eigenvalue weighted by Gasteiger charge is -2.24. The molecule has 1 amide bonds. The molecule has 2 aromatic carbocycles. The van der Waals surface area contributed by atoms with E-state index in [9.17, 15) is 40.7 Å². The number of rotatable bonds is 12. The Morgan fingerprint density at radius 3 is 2.43 bits per heavy atom. The second-order valence-corrected chi connectivity index (χ2v) is 18.2. The lowest BCUT2D eigenvalue weighted by atomic mass is 10.0. The highest BCUT2D eigenvalue weighted by Crippen LogP contribution is 2.68. The zero-order valence-corrected chi connectivity index (χ0v) is 34.0. The zero-order valence-electron chi connectivity index (χ0n) is 31.6. The number of nitrogens with one attached hydrogen (secondary N) is 2. The molecule has 6 aromatic rings. The molecule has 0 spiro atoms. The fourth-order valence-corrected chi connectivity index (χ4v) is 9.26. The number of halogens is 7. The Hall–Kier alpha value is -5.32. The lowest BCUT2D eigenvalue weighted by molar-refractivity contribution is -0.123. The van der Waals surface area contributed by atoms with E-state index in [-0.39, 0.29) is 67.2 Å². The van der Waals surface area contributed by atoms with E-state index in [1.165, 1.54) is 43.1 Å². The number of benzene rings is 2. The number of carbonyl (C=O) groups is 1. The standard InChI is InChI=1S/C37H32ClF6N9O5S2/c1-36(2,56)35-47-23(14-59-35)21-12-26(55)53(24-6-5-20(38)28-30(24)51(3)49-33(28)50-60(4,57)58)34(46-21)22(9-15-7-16(39)10-17(40)8-15)45-25(54)13-52-31-27(29(48-52)32(41)42)18-11-19(18)37(31,43)44/h5-8,10,12,14,18-19,22,32,56H,9,11,13H2,1-4H3,(H,45,54)(H,49,50)/t18-,19+,22-/m0/s1. The Labute approximate surface area is 344 Å². The molecule has 3 N–H and O–H groups in total. The van der Waals surface area contributed by atoms with Gasteiger partial charge in [-0.1, -0.05) is 11.6 Å². The second kappa shape index (κ2) is 14.4. The third-order valence-electron chi connectivity index (χ3n) is 10.1. The highest BCUT2D eigenvalue weighted by atomic mass is 35.5. The van der Waals surface area contributed by atoms with Gasteiger partial charge >= 0.3 is 0 Å². The number of sulfonamides is 1. The Balaban J connectivity index is 1.32. The average Bonchev–Trinajstić information content (AvgIpc) is 3.36. The van der Waals surface area contributed by atoms with Gasteiger partial charge in [0.1, 0.15) is 51.7 Å². The van der Waals surface area contributed by atoms with Crippen molar-refractivity contribution in [2.45, 2.75) is 63.1 Å². The predicted octanol–water partition coefficient (Wildman–Crippen LogP) is 6.22. The first kappa shape index (κ1) is 41.4. The number of aromatic nitrogens is 7. The van der Waals surface area contributed by atoms with Crippen molar-refractivity contribution in [3.8, 4) is 17.1 Å². The number of nitrogens with zero attached hydrogens (tertiary/aromatic N) is 7. The molecule has 2 aliphatic carbocycles. The van der Waals surface area contributed by atoms with Crippen molar-refractivity contribution in [3.05, 3.63) is 102 Å². The Kier molecular flexibility index (Phi) is 9.95. The summed E-state index contributed by atoms with van der Waals surface area (Å²) in [6.45, 7) is 1.97. The van der Waals surface area contributed by atoms with Gasteiger partial charge in [0.2, 0.25) is 15.9 Å². The summed E-state index contributed by atoms with van der Waals surface area (Å²) < 4.78 is 118. The van der Waals surface area contributed by atoms with E-state index in [4.69, 9.17) is 16.6 Å². The summed E-state index contributed by atoms with van der Waals surface area (Å²) in [5.41, 5.74) is -4.17. The van der Waals surface area contributed by atoms with Gasteiger partial charge in [-0.05, 0) is 56.0 Å². The molecule has 60 heavy (non-hydrogen) atoms. The van der Waals surface area contributed by atoms with Gasteiger partial charge in [0.25, 0.3) is 17.9 Å². The lowest BCUT2D eigenvalue weighted by Crippen LogP contribution is -2.38. The monoisotopic (exact) mass is 895 g/mol. The van der Waals surface area contributed by atoms with Gasteiger partial charge in [-0.25, -0.2) is 35.9 Å². The molecule has 0 bridgehead atoms. The van der Waals surface area contributed by atoms with Crippen LogP contribution in [0.25, 0.3) is 28.0 Å². The predicted molar refractivity (Wildman–Crippen MR) is 207 cm³/mol. The first-order valence-corrected chi connectivity index (χ1v) is 21.1. The molecular weight excluding hydrogens is 864 g/mol. The van der Waals surface area contributed by atoms with E-state index in [1.807, 2.05) is 0 Å². The number of anilines is 1. The van der Waals surface area contributed by atoms with Crippen LogP contribution in [-0.2, 0) is 46.4 Å². The van der Waals surface area contributed by atoms with Gasteiger partial charge in [0.15, 0.2) is 5.82 Å². The number of thiazole rings is 1. The largest absolute Gasteiger partial charge is 0.383 e. The molecule has 4 aromatic heterocycles. The fraction of sp³-hybridized carbons (Fsp3) is 0.351. The van der Waals surface area contributed by atoms with Crippen molar-refractivity contribution in [1.82, 2.24) is 39.4 Å². The van der Waals surface area contributed by atoms with Crippen LogP contribution in [0.15, 0.2) is 46.6 Å². The van der Waals surface area contributed by atoms with E-state index in [2.05, 4.69) is 25.2 Å². The van der Waals surface area contributed by atoms with Gasteiger partial charge in [-0.2, -0.15) is 19.0 Å². The maximum Gasteiger partial charge on any atom is 0.293 e. The summed E-state index contributed by atoms with van der Waals surface area (Å²) in [6, 6.07) is 4.77. The van der Waals surface area contributed by atoms with E-state index >= 15 is 8.78 Å². The third-order valence-corrected chi connectivity index (χ3v) is 12.2. The number of fused-ring (bicyclic) bond motifs is 4. The molecule has 1 fully saturated rings. The van der Waals surface area contributed by atoms with Crippen LogP contribution >= 0.6 is 22.9 Å². The van der Waals surface area contributed by atoms with Crippen molar-refractivity contribution in [1.29, 1.82) is 0 Å². The van der Waals surface area contributed by atoms with Crippen LogP contribution in [0.5, 0.6) is 0 Å². The summed E-state index contributed by atoms with van der Waals surface area (Å²) >= 11 is 7.62. The summed E-state index contributed by atoms with van der Waals surface area (Å²) in [5, 5.41) is 23.0. The van der Waals surface area contributed by atoms with Gasteiger partial charge < -0.3 is 10.4 Å². The molecule has 8 rings (SSSR count). The molecule has 0 unspecified atom stereocenters. The molecule has 2 aliphatic rings. The first-order valence-electron chi connectivity index (χ1n) is 18.0. The van der Waals surface area contributed by atoms with Crippen LogP contribution in [0, 0.1) is 17.6 Å². The summed E-state index contributed by atoms with van der Waals surface area (Å²) in [4.78, 5) is 37.7. The number of carbonyl (C=O) groups excluding carboxylic acids is 1. The number of alkyl halides is 4. The minimum absolute atomic E-state index is 0.0123. The minimum atomic E-state index is -3.91. The van der Waals surface area contributed by atoms with Crippen molar-refractivity contribution in [2.75, 3.05) is 11.0 Å². The average molecular weight is 896 g/mol. The quantitative estimate of drug-likeness (QED) is 0.120. The molecule has 14 nitrogen and oxygen atoms in total. The highest BCUT2D eigenvalue weighted by Gasteiger charge is 2.67. The molecule has 316 valence electrons. The Morgan fingerprint density at radius 1 is 1.10 bits per heavy atom. The number of aliphatic hydroxyl groups is 1. The van der Waals surface area contributed by atoms with Gasteiger partial charge in [0, 0.05) is 42.5 Å². The maximum absolute atomic E-state index is 15.5. The summed E-state index contributed by atoms with van der Waals surface area (Å²) in [6.07, 6.45) is -2.84. The Morgan fingerprint density at radius 2 is 1.80 bits per heavy atom. The van der Waals surface area contributed by atoms with Crippen LogP contribution < -0.4 is 15.6 Å².